The maximum Gasteiger partial charge on any atom is 0.292 e. The van der Waals surface area contributed by atoms with E-state index in [-0.39, 0.29) is 28.6 Å². The molecule has 116 valence electrons. The molecular formula is C15H24N4O2. The first kappa shape index (κ1) is 14.5. The molecule has 0 radical (unpaired) electrons. The monoisotopic (exact) mass is 292 g/mol. The molecule has 1 unspecified atom stereocenters. The van der Waals surface area contributed by atoms with Crippen LogP contribution in [0.15, 0.2) is 4.52 Å². The molecule has 1 aliphatic carbocycles. The van der Waals surface area contributed by atoms with E-state index < -0.39 is 0 Å². The van der Waals surface area contributed by atoms with Crippen molar-refractivity contribution in [1.29, 1.82) is 0 Å². The van der Waals surface area contributed by atoms with Crippen LogP contribution < -0.4 is 10.6 Å². The molecule has 1 saturated carbocycles. The second kappa shape index (κ2) is 4.80. The van der Waals surface area contributed by atoms with E-state index in [4.69, 9.17) is 4.52 Å². The summed E-state index contributed by atoms with van der Waals surface area (Å²) in [4.78, 5) is 16.3. The Morgan fingerprint density at radius 2 is 2.10 bits per heavy atom. The smallest absolute Gasteiger partial charge is 0.292 e. The van der Waals surface area contributed by atoms with Gasteiger partial charge in [0, 0.05) is 6.54 Å². The number of carbonyl (C=O) groups is 1. The Balaban J connectivity index is 1.57. The summed E-state index contributed by atoms with van der Waals surface area (Å²) < 4.78 is 5.19. The predicted octanol–water partition coefficient (Wildman–Crippen LogP) is 1.91. The number of amides is 1. The normalized spacial score (nSPS) is 26.8. The molecule has 0 spiro atoms. The predicted molar refractivity (Wildman–Crippen MR) is 77.7 cm³/mol. The summed E-state index contributed by atoms with van der Waals surface area (Å²) in [6.45, 7) is 10.6. The van der Waals surface area contributed by atoms with Crippen molar-refractivity contribution in [1.82, 2.24) is 20.8 Å². The summed E-state index contributed by atoms with van der Waals surface area (Å²) in [6.07, 6.45) is 2.08. The Morgan fingerprint density at radius 1 is 1.38 bits per heavy atom. The van der Waals surface area contributed by atoms with E-state index in [9.17, 15) is 4.79 Å². The van der Waals surface area contributed by atoms with E-state index in [0.29, 0.717) is 18.4 Å². The molecule has 0 aromatic carbocycles. The van der Waals surface area contributed by atoms with Gasteiger partial charge in [-0.3, -0.25) is 4.79 Å². The zero-order valence-electron chi connectivity index (χ0n) is 13.2. The molecular weight excluding hydrogens is 268 g/mol. The Morgan fingerprint density at radius 3 is 2.67 bits per heavy atom. The van der Waals surface area contributed by atoms with Crippen LogP contribution >= 0.6 is 0 Å². The second-order valence-electron chi connectivity index (χ2n) is 7.31. The average Bonchev–Trinajstić information content (AvgIpc) is 2.97. The van der Waals surface area contributed by atoms with Crippen LogP contribution in [-0.2, 0) is 0 Å². The van der Waals surface area contributed by atoms with Crippen LogP contribution in [-0.4, -0.2) is 29.1 Å². The van der Waals surface area contributed by atoms with E-state index in [1.807, 2.05) is 0 Å². The third kappa shape index (κ3) is 2.35. The maximum atomic E-state index is 12.1. The van der Waals surface area contributed by atoms with Crippen LogP contribution in [0.25, 0.3) is 0 Å². The third-order valence-corrected chi connectivity index (χ3v) is 5.79. The molecule has 2 heterocycles. The summed E-state index contributed by atoms with van der Waals surface area (Å²) in [5.41, 5.74) is 0.521. The summed E-state index contributed by atoms with van der Waals surface area (Å²) in [6, 6.07) is 0.0975. The van der Waals surface area contributed by atoms with E-state index in [0.717, 1.165) is 19.4 Å². The van der Waals surface area contributed by atoms with E-state index >= 15 is 0 Å². The van der Waals surface area contributed by atoms with Crippen molar-refractivity contribution in [2.45, 2.75) is 46.6 Å². The molecule has 2 N–H and O–H groups in total. The SMILES string of the molecule is CC1(C)C(CNC(=O)c2noc(C3CCCN3)n2)C1(C)C. The van der Waals surface area contributed by atoms with Gasteiger partial charge in [0.25, 0.3) is 11.7 Å². The summed E-state index contributed by atoms with van der Waals surface area (Å²) in [5, 5.41) is 10.0. The molecule has 2 aliphatic rings. The Kier molecular flexibility index (Phi) is 3.31. The number of hydrogen-bond donors (Lipinski definition) is 2. The van der Waals surface area contributed by atoms with Gasteiger partial charge >= 0.3 is 0 Å². The van der Waals surface area contributed by atoms with Crippen molar-refractivity contribution in [3.8, 4) is 0 Å². The van der Waals surface area contributed by atoms with Gasteiger partial charge in [-0.2, -0.15) is 4.98 Å². The van der Waals surface area contributed by atoms with Gasteiger partial charge in [-0.25, -0.2) is 0 Å². The molecule has 0 bridgehead atoms. The molecule has 1 aromatic rings. The standard InChI is InChI=1S/C15H24N4O2/c1-14(2)10(15(14,3)4)8-17-12(20)11-18-13(21-19-11)9-6-5-7-16-9/h9-10,16H,5-8H2,1-4H3,(H,17,20). The summed E-state index contributed by atoms with van der Waals surface area (Å²) in [7, 11) is 0. The van der Waals surface area contributed by atoms with Gasteiger partial charge in [-0.1, -0.05) is 32.9 Å². The van der Waals surface area contributed by atoms with E-state index in [1.54, 1.807) is 0 Å². The topological polar surface area (TPSA) is 80.0 Å². The molecule has 1 saturated heterocycles. The molecule has 21 heavy (non-hydrogen) atoms. The lowest BCUT2D eigenvalue weighted by atomic mass is 10.0. The van der Waals surface area contributed by atoms with Gasteiger partial charge in [-0.05, 0) is 36.1 Å². The second-order valence-corrected chi connectivity index (χ2v) is 7.31. The highest BCUT2D eigenvalue weighted by Gasteiger charge is 2.64. The fourth-order valence-corrected chi connectivity index (χ4v) is 3.48. The van der Waals surface area contributed by atoms with Gasteiger partial charge in [0.2, 0.25) is 5.89 Å². The van der Waals surface area contributed by atoms with Gasteiger partial charge in [0.1, 0.15) is 0 Å². The molecule has 3 rings (SSSR count). The van der Waals surface area contributed by atoms with E-state index in [1.165, 1.54) is 0 Å². The first-order chi connectivity index (χ1) is 9.84. The third-order valence-electron chi connectivity index (χ3n) is 5.79. The van der Waals surface area contributed by atoms with Crippen LogP contribution in [0, 0.1) is 16.7 Å². The highest BCUT2D eigenvalue weighted by atomic mass is 16.5. The van der Waals surface area contributed by atoms with Gasteiger partial charge < -0.3 is 15.2 Å². The lowest BCUT2D eigenvalue weighted by molar-refractivity contribution is 0.0936. The number of nitrogens with zero attached hydrogens (tertiary/aromatic N) is 2. The Hall–Kier alpha value is -1.43. The van der Waals surface area contributed by atoms with Crippen molar-refractivity contribution in [3.05, 3.63) is 11.7 Å². The molecule has 1 aromatic heterocycles. The zero-order valence-corrected chi connectivity index (χ0v) is 13.2. The van der Waals surface area contributed by atoms with Crippen molar-refractivity contribution >= 4 is 5.91 Å². The van der Waals surface area contributed by atoms with Crippen LogP contribution in [0.5, 0.6) is 0 Å². The number of nitrogens with one attached hydrogen (secondary N) is 2. The number of carbonyl (C=O) groups excluding carboxylic acids is 1. The number of aromatic nitrogens is 2. The Bertz CT molecular complexity index is 530. The first-order valence-electron chi connectivity index (χ1n) is 7.69. The summed E-state index contributed by atoms with van der Waals surface area (Å²) >= 11 is 0. The van der Waals surface area contributed by atoms with Crippen LogP contribution in [0.2, 0.25) is 0 Å². The number of rotatable bonds is 4. The van der Waals surface area contributed by atoms with Gasteiger partial charge in [0.15, 0.2) is 0 Å². The molecule has 1 amide bonds. The average molecular weight is 292 g/mol. The minimum absolute atomic E-state index is 0.0975. The van der Waals surface area contributed by atoms with Crippen molar-refractivity contribution in [2.75, 3.05) is 13.1 Å². The maximum absolute atomic E-state index is 12.1. The molecule has 2 fully saturated rings. The van der Waals surface area contributed by atoms with Crippen LogP contribution in [0.4, 0.5) is 0 Å². The van der Waals surface area contributed by atoms with E-state index in [2.05, 4.69) is 48.5 Å². The molecule has 1 aliphatic heterocycles. The van der Waals surface area contributed by atoms with Crippen LogP contribution in [0.1, 0.15) is 63.1 Å². The summed E-state index contributed by atoms with van der Waals surface area (Å²) in [5.74, 6) is 0.887. The van der Waals surface area contributed by atoms with Crippen LogP contribution in [0.3, 0.4) is 0 Å². The molecule has 6 nitrogen and oxygen atoms in total. The Labute approximate surface area is 125 Å². The quantitative estimate of drug-likeness (QED) is 0.886. The first-order valence-corrected chi connectivity index (χ1v) is 7.69. The largest absolute Gasteiger partial charge is 0.349 e. The minimum Gasteiger partial charge on any atom is -0.349 e. The fraction of sp³-hybridized carbons (Fsp3) is 0.800. The number of hydrogen-bond acceptors (Lipinski definition) is 5. The zero-order chi connectivity index (χ0) is 15.3. The van der Waals surface area contributed by atoms with Gasteiger partial charge in [-0.15, -0.1) is 0 Å². The fourth-order valence-electron chi connectivity index (χ4n) is 3.48. The van der Waals surface area contributed by atoms with Gasteiger partial charge in [0.05, 0.1) is 6.04 Å². The van der Waals surface area contributed by atoms with Crippen molar-refractivity contribution in [2.24, 2.45) is 16.7 Å². The molecule has 1 atom stereocenters. The highest BCUT2D eigenvalue weighted by molar-refractivity contribution is 5.90. The van der Waals surface area contributed by atoms with Crippen molar-refractivity contribution < 1.29 is 9.32 Å². The molecule has 6 heteroatoms. The highest BCUT2D eigenvalue weighted by Crippen LogP contribution is 2.67. The van der Waals surface area contributed by atoms with Crippen molar-refractivity contribution in [3.63, 3.8) is 0 Å². The lowest BCUT2D eigenvalue weighted by Gasteiger charge is -2.04. The minimum atomic E-state index is -0.249. The lowest BCUT2D eigenvalue weighted by Crippen LogP contribution is -2.28.